The smallest absolute Gasteiger partial charge is 0.125 e. The molecule has 0 fully saturated rings. The van der Waals surface area contributed by atoms with Gasteiger partial charge in [0.1, 0.15) is 5.48 Å². The number of hydrogen-bond donors (Lipinski definition) is 0. The number of aromatic nitrogens is 2. The van der Waals surface area contributed by atoms with Crippen molar-refractivity contribution in [2.45, 2.75) is 6.92 Å². The van der Waals surface area contributed by atoms with Gasteiger partial charge in [-0.05, 0) is 6.92 Å². The van der Waals surface area contributed by atoms with E-state index in [1.807, 2.05) is 18.5 Å². The average molecular weight is 122 g/mol. The van der Waals surface area contributed by atoms with Gasteiger partial charge in [0.2, 0.25) is 0 Å². The van der Waals surface area contributed by atoms with Gasteiger partial charge in [0.25, 0.3) is 0 Å². The molecule has 1 aromatic rings. The van der Waals surface area contributed by atoms with E-state index in [1.54, 1.807) is 0 Å². The Kier molecular flexibility index (Phi) is 1.16. The molecule has 0 aliphatic carbocycles. The van der Waals surface area contributed by atoms with E-state index in [4.69, 9.17) is 0 Å². The van der Waals surface area contributed by atoms with Gasteiger partial charge < -0.3 is 4.57 Å². The second-order valence-corrected chi connectivity index (χ2v) is 2.12. The summed E-state index contributed by atoms with van der Waals surface area (Å²) in [5.41, 5.74) is 1.74. The first-order chi connectivity index (χ1) is 4.13. The summed E-state index contributed by atoms with van der Waals surface area (Å²) in [7, 11) is 1.91. The van der Waals surface area contributed by atoms with Crippen LogP contribution in [0.2, 0.25) is 0 Å². The van der Waals surface area contributed by atoms with Crippen LogP contribution in [0.25, 0.3) is 13.2 Å². The van der Waals surface area contributed by atoms with Crippen LogP contribution in [0.1, 0.15) is 5.69 Å². The molecule has 1 rings (SSSR count). The third-order valence-electron chi connectivity index (χ3n) is 1.51. The highest BCUT2D eigenvalue weighted by molar-refractivity contribution is 5.07. The quantitative estimate of drug-likeness (QED) is 0.455. The van der Waals surface area contributed by atoms with Gasteiger partial charge in [-0.1, -0.05) is 13.2 Å². The van der Waals surface area contributed by atoms with Gasteiger partial charge in [-0.15, -0.1) is 0 Å². The van der Waals surface area contributed by atoms with Crippen molar-refractivity contribution in [3.63, 3.8) is 0 Å². The molecule has 0 bridgehead atoms. The summed E-state index contributed by atoms with van der Waals surface area (Å²) in [6, 6.07) is 0. The third-order valence-corrected chi connectivity index (χ3v) is 1.51. The van der Waals surface area contributed by atoms with E-state index in [-0.39, 0.29) is 0 Å². The highest BCUT2D eigenvalue weighted by Gasteiger charge is 1.91. The maximum atomic E-state index is 4.10. The fourth-order valence-electron chi connectivity index (χ4n) is 0.732. The number of hydrogen-bond acceptors (Lipinski definition) is 1. The van der Waals surface area contributed by atoms with Gasteiger partial charge in [-0.2, -0.15) is 0 Å². The zero-order valence-corrected chi connectivity index (χ0v) is 5.81. The molecule has 0 aliphatic rings. The highest BCUT2D eigenvalue weighted by atomic mass is 15.0. The van der Waals surface area contributed by atoms with Crippen molar-refractivity contribution in [2.24, 2.45) is 7.05 Å². The van der Waals surface area contributed by atoms with Gasteiger partial charge in [-0.25, -0.2) is 4.98 Å². The summed E-state index contributed by atoms with van der Waals surface area (Å²) < 4.78 is 1.87. The topological polar surface area (TPSA) is 17.8 Å². The summed E-state index contributed by atoms with van der Waals surface area (Å²) in [6.45, 7) is 9.44. The normalized spacial score (nSPS) is 10.0. The summed E-state index contributed by atoms with van der Waals surface area (Å²) in [6.07, 6.45) is 0. The lowest BCUT2D eigenvalue weighted by atomic mass is 10.5. The molecule has 1 aromatic heterocycles. The maximum absolute atomic E-state index is 4.10. The van der Waals surface area contributed by atoms with Crippen LogP contribution in [0.15, 0.2) is 0 Å². The van der Waals surface area contributed by atoms with Crippen LogP contribution in [-0.2, 0) is 7.05 Å². The molecule has 0 amide bonds. The van der Waals surface area contributed by atoms with Crippen molar-refractivity contribution in [1.82, 2.24) is 9.55 Å². The lowest BCUT2D eigenvalue weighted by Crippen LogP contribution is -2.21. The van der Waals surface area contributed by atoms with Gasteiger partial charge in [0.15, 0.2) is 0 Å². The van der Waals surface area contributed by atoms with E-state index in [9.17, 15) is 0 Å². The van der Waals surface area contributed by atoms with E-state index < -0.39 is 0 Å². The van der Waals surface area contributed by atoms with Crippen molar-refractivity contribution >= 4 is 13.2 Å². The van der Waals surface area contributed by atoms with Crippen LogP contribution < -0.4 is 10.8 Å². The molecule has 0 unspecified atom stereocenters. The Morgan fingerprint density at radius 3 is 2.11 bits per heavy atom. The van der Waals surface area contributed by atoms with Crippen LogP contribution in [0.5, 0.6) is 0 Å². The van der Waals surface area contributed by atoms with E-state index in [0.717, 1.165) is 16.5 Å². The Labute approximate surface area is 54.2 Å². The molecule has 0 aromatic carbocycles. The Morgan fingerprint density at radius 2 is 2.00 bits per heavy atom. The fourth-order valence-corrected chi connectivity index (χ4v) is 0.732. The van der Waals surface area contributed by atoms with Crippen molar-refractivity contribution in [3.8, 4) is 0 Å². The Bertz CT molecular complexity index is 308. The summed E-state index contributed by atoms with van der Waals surface area (Å²) >= 11 is 0. The molecule has 9 heavy (non-hydrogen) atoms. The first kappa shape index (κ1) is 6.08. The Balaban J connectivity index is 3.68. The zero-order valence-electron chi connectivity index (χ0n) is 5.81. The monoisotopic (exact) mass is 122 g/mol. The largest absolute Gasteiger partial charge is 0.329 e. The van der Waals surface area contributed by atoms with Crippen molar-refractivity contribution in [2.75, 3.05) is 0 Å². The standard InChI is InChI=1S/C7H10N2/c1-5-6(2)9(4)7(3)8-5/h2-3H2,1,4H3. The number of rotatable bonds is 0. The summed E-state index contributed by atoms with van der Waals surface area (Å²) in [5, 5.41) is 0.944. The minimum absolute atomic E-state index is 0.775. The number of aryl methyl sites for hydroxylation is 1. The molecule has 0 spiro atoms. The molecular weight excluding hydrogens is 112 g/mol. The van der Waals surface area contributed by atoms with Crippen LogP contribution in [0.3, 0.4) is 0 Å². The van der Waals surface area contributed by atoms with Gasteiger partial charge in [0.05, 0.1) is 11.0 Å². The average Bonchev–Trinajstić information content (AvgIpc) is 1.98. The molecule has 0 aliphatic heterocycles. The maximum Gasteiger partial charge on any atom is 0.125 e. The minimum atomic E-state index is 0.775. The first-order valence-corrected chi connectivity index (χ1v) is 2.80. The minimum Gasteiger partial charge on any atom is -0.329 e. The molecule has 0 radical (unpaired) electrons. The highest BCUT2D eigenvalue weighted by Crippen LogP contribution is 1.71. The van der Waals surface area contributed by atoms with Gasteiger partial charge in [-0.3, -0.25) is 0 Å². The fraction of sp³-hybridized carbons (Fsp3) is 0.286. The first-order valence-electron chi connectivity index (χ1n) is 2.80. The predicted octanol–water partition coefficient (Wildman–Crippen LogP) is -0.451. The molecule has 0 N–H and O–H groups in total. The van der Waals surface area contributed by atoms with Crippen LogP contribution >= 0.6 is 0 Å². The Hall–Kier alpha value is -1.05. The molecule has 0 saturated carbocycles. The Morgan fingerprint density at radius 1 is 1.44 bits per heavy atom. The molecule has 48 valence electrons. The van der Waals surface area contributed by atoms with Crippen LogP contribution in [0, 0.1) is 6.92 Å². The SMILES string of the molecule is C=c1nc(C)c(=C)n1C. The number of nitrogens with zero attached hydrogens (tertiary/aromatic N) is 2. The second-order valence-electron chi connectivity index (χ2n) is 2.12. The van der Waals surface area contributed by atoms with E-state index in [0.29, 0.717) is 0 Å². The third kappa shape index (κ3) is 0.762. The zero-order chi connectivity index (χ0) is 7.02. The van der Waals surface area contributed by atoms with Crippen molar-refractivity contribution in [3.05, 3.63) is 16.5 Å². The lowest BCUT2D eigenvalue weighted by molar-refractivity contribution is 0.846. The predicted molar refractivity (Wildman–Crippen MR) is 38.2 cm³/mol. The van der Waals surface area contributed by atoms with Gasteiger partial charge in [0, 0.05) is 7.05 Å². The lowest BCUT2D eigenvalue weighted by Gasteiger charge is -1.85. The van der Waals surface area contributed by atoms with Crippen molar-refractivity contribution in [1.29, 1.82) is 0 Å². The van der Waals surface area contributed by atoms with Crippen molar-refractivity contribution < 1.29 is 0 Å². The molecule has 1 heterocycles. The van der Waals surface area contributed by atoms with E-state index in [1.165, 1.54) is 0 Å². The summed E-state index contributed by atoms with van der Waals surface area (Å²) in [5.74, 6) is 0. The van der Waals surface area contributed by atoms with Crippen LogP contribution in [-0.4, -0.2) is 9.55 Å². The van der Waals surface area contributed by atoms with Gasteiger partial charge >= 0.3 is 0 Å². The van der Waals surface area contributed by atoms with E-state index >= 15 is 0 Å². The molecular formula is C7H10N2. The summed E-state index contributed by atoms with van der Waals surface area (Å²) in [4.78, 5) is 4.10. The van der Waals surface area contributed by atoms with E-state index in [2.05, 4.69) is 18.1 Å². The molecule has 2 nitrogen and oxygen atoms in total. The molecule has 0 atom stereocenters. The van der Waals surface area contributed by atoms with Crippen LogP contribution in [0.4, 0.5) is 0 Å². The molecule has 0 saturated heterocycles. The number of imidazole rings is 1. The second kappa shape index (κ2) is 1.72. The molecule has 2 heteroatoms.